The molecule has 0 amide bonds. The number of nitriles is 1. The number of hydrogen-bond donors (Lipinski definition) is 0. The van der Waals surface area contributed by atoms with Crippen LogP contribution in [0.1, 0.15) is 30.6 Å². The lowest BCUT2D eigenvalue weighted by atomic mass is 10.1. The van der Waals surface area contributed by atoms with E-state index in [9.17, 15) is 14.9 Å². The maximum atomic E-state index is 12.8. The molecule has 0 aliphatic carbocycles. The van der Waals surface area contributed by atoms with Gasteiger partial charge in [0, 0.05) is 14.1 Å². The van der Waals surface area contributed by atoms with Crippen molar-refractivity contribution in [2.45, 2.75) is 20.3 Å². The number of methoxy groups -OCH3 is 1. The highest BCUT2D eigenvalue weighted by molar-refractivity contribution is 6.04. The van der Waals surface area contributed by atoms with Gasteiger partial charge in [0.25, 0.3) is 0 Å². The molecule has 1 heterocycles. The normalized spacial score (nSPS) is 12.3. The van der Waals surface area contributed by atoms with Gasteiger partial charge < -0.3 is 24.0 Å². The number of ketones is 1. The average Bonchev–Trinajstić information content (AvgIpc) is 3.08. The second kappa shape index (κ2) is 10.8. The maximum absolute atomic E-state index is 12.8. The average molecular weight is 464 g/mol. The highest BCUT2D eigenvalue weighted by atomic mass is 16.5. The Kier molecular flexibility index (Phi) is 7.79. The van der Waals surface area contributed by atoms with Crippen LogP contribution in [0.2, 0.25) is 0 Å². The van der Waals surface area contributed by atoms with Gasteiger partial charge in [-0.25, -0.2) is 4.79 Å². The summed E-state index contributed by atoms with van der Waals surface area (Å²) in [6, 6.07) is 14.3. The van der Waals surface area contributed by atoms with Crippen LogP contribution in [0.15, 0.2) is 53.9 Å². The SMILES string of the molecule is COc1cc(C(=O)OCC(=O)C(C#N)=C2N(C)c3ccccc3N2C)ccc1OCCC(C)C. The third kappa shape index (κ3) is 5.15. The Morgan fingerprint density at radius 3 is 2.24 bits per heavy atom. The summed E-state index contributed by atoms with van der Waals surface area (Å²) in [5.41, 5.74) is 1.88. The second-order valence-corrected chi connectivity index (χ2v) is 8.31. The zero-order valence-corrected chi connectivity index (χ0v) is 20.1. The molecular formula is C26H29N3O5. The third-order valence-corrected chi connectivity index (χ3v) is 5.54. The van der Waals surface area contributed by atoms with Gasteiger partial charge >= 0.3 is 5.97 Å². The number of para-hydroxylation sites is 2. The van der Waals surface area contributed by atoms with Crippen LogP contribution in [0.25, 0.3) is 0 Å². The van der Waals surface area contributed by atoms with E-state index in [1.54, 1.807) is 36.0 Å². The van der Waals surface area contributed by atoms with Crippen molar-refractivity contribution in [2.24, 2.45) is 5.92 Å². The topological polar surface area (TPSA) is 92.1 Å². The smallest absolute Gasteiger partial charge is 0.338 e. The van der Waals surface area contributed by atoms with E-state index in [1.165, 1.54) is 13.2 Å². The van der Waals surface area contributed by atoms with Gasteiger partial charge in [0.2, 0.25) is 5.78 Å². The minimum atomic E-state index is -0.695. The van der Waals surface area contributed by atoms with Gasteiger partial charge in [-0.2, -0.15) is 5.26 Å². The van der Waals surface area contributed by atoms with E-state index in [1.807, 2.05) is 30.3 Å². The highest BCUT2D eigenvalue weighted by Gasteiger charge is 2.31. The number of Topliss-reactive ketones (excluding diaryl/α,β-unsaturated/α-hetero) is 1. The first-order chi connectivity index (χ1) is 16.3. The van der Waals surface area contributed by atoms with Crippen LogP contribution in [-0.4, -0.2) is 46.2 Å². The lowest BCUT2D eigenvalue weighted by Gasteiger charge is -2.19. The molecule has 0 spiro atoms. The summed E-state index contributed by atoms with van der Waals surface area (Å²) >= 11 is 0. The van der Waals surface area contributed by atoms with Crippen molar-refractivity contribution >= 4 is 23.1 Å². The first kappa shape index (κ1) is 24.6. The predicted octanol–water partition coefficient (Wildman–Crippen LogP) is 4.17. The molecule has 178 valence electrons. The number of anilines is 2. The van der Waals surface area contributed by atoms with Crippen LogP contribution in [0, 0.1) is 17.2 Å². The van der Waals surface area contributed by atoms with Gasteiger partial charge in [-0.3, -0.25) is 4.79 Å². The highest BCUT2D eigenvalue weighted by Crippen LogP contribution is 2.40. The van der Waals surface area contributed by atoms with E-state index in [0.29, 0.717) is 29.8 Å². The van der Waals surface area contributed by atoms with Gasteiger partial charge in [0.15, 0.2) is 18.1 Å². The van der Waals surface area contributed by atoms with Gasteiger partial charge in [-0.1, -0.05) is 26.0 Å². The largest absolute Gasteiger partial charge is 0.493 e. The van der Waals surface area contributed by atoms with Gasteiger partial charge in [-0.05, 0) is 42.7 Å². The van der Waals surface area contributed by atoms with Gasteiger partial charge in [-0.15, -0.1) is 0 Å². The minimum absolute atomic E-state index is 0.0829. The summed E-state index contributed by atoms with van der Waals surface area (Å²) in [5, 5.41) is 9.70. The van der Waals surface area contributed by atoms with Crippen molar-refractivity contribution < 1.29 is 23.8 Å². The predicted molar refractivity (Wildman–Crippen MR) is 129 cm³/mol. The van der Waals surface area contributed by atoms with Crippen LogP contribution in [0.4, 0.5) is 11.4 Å². The molecule has 2 aromatic carbocycles. The molecule has 2 aromatic rings. The molecule has 0 unspecified atom stereocenters. The van der Waals surface area contributed by atoms with Crippen molar-refractivity contribution in [2.75, 3.05) is 44.2 Å². The van der Waals surface area contributed by atoms with Crippen molar-refractivity contribution in [1.82, 2.24) is 0 Å². The standard InChI is InChI=1S/C26H29N3O5/c1-17(2)12-13-33-23-11-10-18(14-24(23)32-5)26(31)34-16-22(30)19(15-27)25-28(3)20-8-6-7-9-21(20)29(25)4/h6-11,14,17H,12-13,16H2,1-5H3. The van der Waals surface area contributed by atoms with Crippen LogP contribution in [-0.2, 0) is 9.53 Å². The zero-order chi connectivity index (χ0) is 24.8. The Morgan fingerprint density at radius 2 is 1.68 bits per heavy atom. The molecule has 0 radical (unpaired) electrons. The van der Waals surface area contributed by atoms with Crippen LogP contribution >= 0.6 is 0 Å². The number of rotatable bonds is 9. The number of hydrogen-bond acceptors (Lipinski definition) is 8. The molecule has 34 heavy (non-hydrogen) atoms. The number of fused-ring (bicyclic) bond motifs is 1. The van der Waals surface area contributed by atoms with Crippen LogP contribution in [0.3, 0.4) is 0 Å². The van der Waals surface area contributed by atoms with Crippen molar-refractivity contribution in [3.8, 4) is 17.6 Å². The summed E-state index contributed by atoms with van der Waals surface area (Å²) in [4.78, 5) is 29.0. The fourth-order valence-corrected chi connectivity index (χ4v) is 3.66. The first-order valence-electron chi connectivity index (χ1n) is 11.0. The van der Waals surface area contributed by atoms with E-state index < -0.39 is 18.4 Å². The molecular weight excluding hydrogens is 434 g/mol. The van der Waals surface area contributed by atoms with E-state index in [2.05, 4.69) is 13.8 Å². The molecule has 3 rings (SSSR count). The van der Waals surface area contributed by atoms with E-state index >= 15 is 0 Å². The van der Waals surface area contributed by atoms with E-state index in [4.69, 9.17) is 14.2 Å². The monoisotopic (exact) mass is 463 g/mol. The van der Waals surface area contributed by atoms with Crippen molar-refractivity contribution in [3.05, 3.63) is 59.4 Å². The van der Waals surface area contributed by atoms with Gasteiger partial charge in [0.1, 0.15) is 17.5 Å². The molecule has 0 N–H and O–H groups in total. The number of carbonyl (C=O) groups excluding carboxylic acids is 2. The number of carbonyl (C=O) groups is 2. The summed E-state index contributed by atoms with van der Waals surface area (Å²) in [6.45, 7) is 4.19. The van der Waals surface area contributed by atoms with E-state index in [0.717, 1.165) is 17.8 Å². The number of benzene rings is 2. The number of esters is 1. The third-order valence-electron chi connectivity index (χ3n) is 5.54. The molecule has 0 saturated carbocycles. The van der Waals surface area contributed by atoms with Crippen molar-refractivity contribution in [3.63, 3.8) is 0 Å². The van der Waals surface area contributed by atoms with Crippen LogP contribution < -0.4 is 19.3 Å². The lowest BCUT2D eigenvalue weighted by molar-refractivity contribution is -0.118. The molecule has 0 saturated heterocycles. The fourth-order valence-electron chi connectivity index (χ4n) is 3.66. The maximum Gasteiger partial charge on any atom is 0.338 e. The second-order valence-electron chi connectivity index (χ2n) is 8.31. The molecule has 8 nitrogen and oxygen atoms in total. The zero-order valence-electron chi connectivity index (χ0n) is 20.1. The Balaban J connectivity index is 1.70. The molecule has 0 fully saturated rings. The summed E-state index contributed by atoms with van der Waals surface area (Å²) in [5.74, 6) is 0.589. The molecule has 0 aromatic heterocycles. The Morgan fingerprint density at radius 1 is 1.03 bits per heavy atom. The van der Waals surface area contributed by atoms with Crippen LogP contribution in [0.5, 0.6) is 11.5 Å². The van der Waals surface area contributed by atoms with E-state index in [-0.39, 0.29) is 11.1 Å². The molecule has 1 aliphatic heterocycles. The number of ether oxygens (including phenoxy) is 3. The molecule has 8 heteroatoms. The number of nitrogens with zero attached hydrogens (tertiary/aromatic N) is 3. The minimum Gasteiger partial charge on any atom is -0.493 e. The molecule has 0 bridgehead atoms. The summed E-state index contributed by atoms with van der Waals surface area (Å²) in [6.07, 6.45) is 0.890. The Bertz CT molecular complexity index is 1120. The van der Waals surface area contributed by atoms with Crippen molar-refractivity contribution in [1.29, 1.82) is 5.26 Å². The summed E-state index contributed by atoms with van der Waals surface area (Å²) in [7, 11) is 5.05. The fraction of sp³-hybridized carbons (Fsp3) is 0.346. The molecule has 0 atom stereocenters. The van der Waals surface area contributed by atoms with Gasteiger partial charge in [0.05, 0.1) is 30.7 Å². The Labute approximate surface area is 199 Å². The lowest BCUT2D eigenvalue weighted by Crippen LogP contribution is -2.27. The molecule has 1 aliphatic rings. The first-order valence-corrected chi connectivity index (χ1v) is 11.0. The Hall–Kier alpha value is -3.99. The quantitative estimate of drug-likeness (QED) is 0.311. The summed E-state index contributed by atoms with van der Waals surface area (Å²) < 4.78 is 16.3.